The Kier molecular flexibility index (Phi) is 5.55. The summed E-state index contributed by atoms with van der Waals surface area (Å²) in [5.74, 6) is 1.45. The molecule has 0 unspecified atom stereocenters. The molecule has 1 aromatic carbocycles. The van der Waals surface area contributed by atoms with Crippen molar-refractivity contribution in [1.82, 2.24) is 10.2 Å². The number of aromatic nitrogens is 2. The number of hydrogen-bond donors (Lipinski definition) is 2. The third kappa shape index (κ3) is 3.43. The van der Waals surface area contributed by atoms with Crippen LogP contribution in [-0.4, -0.2) is 23.4 Å². The van der Waals surface area contributed by atoms with Gasteiger partial charge in [-0.1, -0.05) is 19.4 Å². The van der Waals surface area contributed by atoms with Crippen molar-refractivity contribution in [3.05, 3.63) is 46.5 Å². The summed E-state index contributed by atoms with van der Waals surface area (Å²) in [6.45, 7) is 6.99. The fourth-order valence-electron chi connectivity index (χ4n) is 3.33. The molecule has 0 aliphatic carbocycles. The lowest BCUT2D eigenvalue weighted by atomic mass is 9.83. The highest BCUT2D eigenvalue weighted by Gasteiger charge is 2.35. The summed E-state index contributed by atoms with van der Waals surface area (Å²) < 4.78 is 17.0. The molecule has 1 aliphatic heterocycles. The van der Waals surface area contributed by atoms with E-state index in [2.05, 4.69) is 23.2 Å². The van der Waals surface area contributed by atoms with E-state index in [4.69, 9.17) is 19.9 Å². The van der Waals surface area contributed by atoms with Gasteiger partial charge in [-0.05, 0) is 38.0 Å². The quantitative estimate of drug-likeness (QED) is 0.776. The highest BCUT2D eigenvalue weighted by Crippen LogP contribution is 2.44. The van der Waals surface area contributed by atoms with Crippen molar-refractivity contribution in [2.75, 3.05) is 13.2 Å². The van der Waals surface area contributed by atoms with E-state index in [1.54, 1.807) is 0 Å². The SMILES string of the molecule is CCCc1[nH]nc2c1[C@@H](c1ccc(OCC)c(OCC)c1)C(C#N)=C(N)O2. The molecule has 2 heterocycles. The molecule has 1 aliphatic rings. The van der Waals surface area contributed by atoms with Gasteiger partial charge in [0.25, 0.3) is 0 Å². The number of allylic oxidation sites excluding steroid dienone is 1. The summed E-state index contributed by atoms with van der Waals surface area (Å²) in [7, 11) is 0. The zero-order valence-electron chi connectivity index (χ0n) is 15.8. The Morgan fingerprint density at radius 3 is 2.63 bits per heavy atom. The van der Waals surface area contributed by atoms with E-state index in [-0.39, 0.29) is 11.8 Å². The number of benzene rings is 1. The number of nitriles is 1. The molecular weight excluding hydrogens is 344 g/mol. The summed E-state index contributed by atoms with van der Waals surface area (Å²) in [4.78, 5) is 0. The molecule has 2 aromatic rings. The Morgan fingerprint density at radius 2 is 1.96 bits per heavy atom. The molecule has 1 aromatic heterocycles. The Hall–Kier alpha value is -3.14. The number of H-pyrrole nitrogens is 1. The maximum atomic E-state index is 9.73. The van der Waals surface area contributed by atoms with Crippen LogP contribution in [0.4, 0.5) is 0 Å². The fraction of sp³-hybridized carbons (Fsp3) is 0.400. The van der Waals surface area contributed by atoms with Gasteiger partial charge in [-0.2, -0.15) is 5.26 Å². The lowest BCUT2D eigenvalue weighted by Gasteiger charge is -2.25. The molecule has 3 rings (SSSR count). The van der Waals surface area contributed by atoms with Gasteiger partial charge in [0.2, 0.25) is 11.8 Å². The maximum absolute atomic E-state index is 9.73. The zero-order valence-corrected chi connectivity index (χ0v) is 15.8. The molecule has 7 heteroatoms. The first-order valence-electron chi connectivity index (χ1n) is 9.18. The van der Waals surface area contributed by atoms with Gasteiger partial charge in [0.15, 0.2) is 11.5 Å². The molecule has 0 spiro atoms. The van der Waals surface area contributed by atoms with E-state index in [0.717, 1.165) is 29.7 Å². The molecule has 1 atom stereocenters. The third-order valence-electron chi connectivity index (χ3n) is 4.42. The molecule has 3 N–H and O–H groups in total. The Labute approximate surface area is 158 Å². The second-order valence-corrected chi connectivity index (χ2v) is 6.17. The molecule has 142 valence electrons. The number of aryl methyl sites for hydroxylation is 1. The first-order chi connectivity index (χ1) is 13.1. The molecule has 0 fully saturated rings. The van der Waals surface area contributed by atoms with Crippen LogP contribution in [0.3, 0.4) is 0 Å². The van der Waals surface area contributed by atoms with E-state index >= 15 is 0 Å². The topological polar surface area (TPSA) is 106 Å². The van der Waals surface area contributed by atoms with E-state index in [1.165, 1.54) is 0 Å². The van der Waals surface area contributed by atoms with Gasteiger partial charge in [0.1, 0.15) is 11.6 Å². The largest absolute Gasteiger partial charge is 0.490 e. The van der Waals surface area contributed by atoms with Crippen LogP contribution in [0.25, 0.3) is 0 Å². The highest BCUT2D eigenvalue weighted by atomic mass is 16.5. The second-order valence-electron chi connectivity index (χ2n) is 6.17. The van der Waals surface area contributed by atoms with E-state index in [0.29, 0.717) is 36.2 Å². The summed E-state index contributed by atoms with van der Waals surface area (Å²) in [6.07, 6.45) is 1.74. The van der Waals surface area contributed by atoms with Gasteiger partial charge in [-0.3, -0.25) is 5.10 Å². The van der Waals surface area contributed by atoms with Crippen LogP contribution >= 0.6 is 0 Å². The summed E-state index contributed by atoms with van der Waals surface area (Å²) in [5.41, 5.74) is 9.07. The number of rotatable bonds is 7. The average molecular weight is 368 g/mol. The van der Waals surface area contributed by atoms with Gasteiger partial charge in [0.05, 0.1) is 19.1 Å². The minimum Gasteiger partial charge on any atom is -0.490 e. The standard InChI is InChI=1S/C20H24N4O3/c1-4-7-14-18-17(13(11-21)19(22)27-20(18)24-23-14)12-8-9-15(25-5-2)16(10-12)26-6-3/h8-10,17H,4-7,22H2,1-3H3,(H,23,24)/t17-/m0/s1. The van der Waals surface area contributed by atoms with E-state index in [1.807, 2.05) is 32.0 Å². The van der Waals surface area contributed by atoms with Gasteiger partial charge < -0.3 is 19.9 Å². The van der Waals surface area contributed by atoms with E-state index < -0.39 is 0 Å². The highest BCUT2D eigenvalue weighted by molar-refractivity contribution is 5.57. The lowest BCUT2D eigenvalue weighted by Crippen LogP contribution is -2.21. The predicted octanol–water partition coefficient (Wildman–Crippen LogP) is 3.38. The van der Waals surface area contributed by atoms with Crippen LogP contribution in [0, 0.1) is 11.3 Å². The van der Waals surface area contributed by atoms with Gasteiger partial charge in [0, 0.05) is 11.3 Å². The van der Waals surface area contributed by atoms with Crippen molar-refractivity contribution in [2.24, 2.45) is 5.73 Å². The summed E-state index contributed by atoms with van der Waals surface area (Å²) in [5, 5.41) is 17.0. The minimum atomic E-state index is -0.367. The van der Waals surface area contributed by atoms with Crippen molar-refractivity contribution in [3.8, 4) is 23.4 Å². The number of nitrogens with two attached hydrogens (primary N) is 1. The second kappa shape index (κ2) is 8.04. The first-order valence-corrected chi connectivity index (χ1v) is 9.18. The lowest BCUT2D eigenvalue weighted by molar-refractivity contribution is 0.287. The van der Waals surface area contributed by atoms with Crippen LogP contribution in [0.2, 0.25) is 0 Å². The summed E-state index contributed by atoms with van der Waals surface area (Å²) >= 11 is 0. The third-order valence-corrected chi connectivity index (χ3v) is 4.42. The number of nitrogens with zero attached hydrogens (tertiary/aromatic N) is 2. The van der Waals surface area contributed by atoms with Crippen molar-refractivity contribution in [3.63, 3.8) is 0 Å². The maximum Gasteiger partial charge on any atom is 0.244 e. The van der Waals surface area contributed by atoms with Gasteiger partial charge in [-0.15, -0.1) is 5.10 Å². The average Bonchev–Trinajstić information content (AvgIpc) is 3.05. The number of fused-ring (bicyclic) bond motifs is 1. The van der Waals surface area contributed by atoms with Crippen LogP contribution < -0.4 is 19.9 Å². The monoisotopic (exact) mass is 368 g/mol. The van der Waals surface area contributed by atoms with Crippen LogP contribution in [0.15, 0.2) is 29.7 Å². The van der Waals surface area contributed by atoms with Crippen LogP contribution in [-0.2, 0) is 6.42 Å². The molecule has 0 bridgehead atoms. The zero-order chi connectivity index (χ0) is 19.4. The Morgan fingerprint density at radius 1 is 1.22 bits per heavy atom. The number of hydrogen-bond acceptors (Lipinski definition) is 6. The smallest absolute Gasteiger partial charge is 0.244 e. The van der Waals surface area contributed by atoms with E-state index in [9.17, 15) is 5.26 Å². The van der Waals surface area contributed by atoms with Crippen molar-refractivity contribution in [1.29, 1.82) is 5.26 Å². The molecule has 0 saturated carbocycles. The normalized spacial score (nSPS) is 15.7. The molecule has 7 nitrogen and oxygen atoms in total. The van der Waals surface area contributed by atoms with Crippen LogP contribution in [0.5, 0.6) is 17.4 Å². The molecule has 0 saturated heterocycles. The van der Waals surface area contributed by atoms with Crippen molar-refractivity contribution >= 4 is 0 Å². The number of nitrogens with one attached hydrogen (secondary N) is 1. The van der Waals surface area contributed by atoms with Gasteiger partial charge >= 0.3 is 0 Å². The molecule has 27 heavy (non-hydrogen) atoms. The Bertz CT molecular complexity index is 895. The minimum absolute atomic E-state index is 0.0800. The molecule has 0 radical (unpaired) electrons. The Balaban J connectivity index is 2.15. The fourth-order valence-corrected chi connectivity index (χ4v) is 3.33. The van der Waals surface area contributed by atoms with Crippen molar-refractivity contribution < 1.29 is 14.2 Å². The molecule has 0 amide bonds. The van der Waals surface area contributed by atoms with Crippen molar-refractivity contribution in [2.45, 2.75) is 39.5 Å². The predicted molar refractivity (Wildman–Crippen MR) is 101 cm³/mol. The first kappa shape index (κ1) is 18.6. The van der Waals surface area contributed by atoms with Gasteiger partial charge in [-0.25, -0.2) is 0 Å². The summed E-state index contributed by atoms with van der Waals surface area (Å²) in [6, 6.07) is 7.91. The number of ether oxygens (including phenoxy) is 3. The van der Waals surface area contributed by atoms with Crippen LogP contribution in [0.1, 0.15) is 49.9 Å². The molecular formula is C20H24N4O3. The number of aromatic amines is 1.